The molecule has 0 radical (unpaired) electrons. The molecule has 0 unspecified atom stereocenters. The predicted octanol–water partition coefficient (Wildman–Crippen LogP) is 9.38. The van der Waals surface area contributed by atoms with Gasteiger partial charge in [-0.1, -0.05) is 108 Å². The fraction of sp³-hybridized carbons (Fsp3) is 0.500. The van der Waals surface area contributed by atoms with Crippen LogP contribution in [0, 0.1) is 0 Å². The lowest BCUT2D eigenvalue weighted by molar-refractivity contribution is 0.104. The molecule has 180 valence electrons. The number of allylic oxidation sites excluding steroid dienone is 1. The monoisotopic (exact) mass is 466 g/mol. The van der Waals surface area contributed by atoms with Gasteiger partial charge in [-0.2, -0.15) is 0 Å². The second-order valence-corrected chi connectivity index (χ2v) is 9.62. The largest absolute Gasteiger partial charge is 0.494 e. The van der Waals surface area contributed by atoms with Crippen molar-refractivity contribution < 1.29 is 9.53 Å². The van der Waals surface area contributed by atoms with E-state index in [-0.39, 0.29) is 5.78 Å². The Morgan fingerprint density at radius 1 is 0.818 bits per heavy atom. The predicted molar refractivity (Wildman–Crippen MR) is 145 cm³/mol. The fourth-order valence-corrected chi connectivity index (χ4v) is 4.26. The summed E-state index contributed by atoms with van der Waals surface area (Å²) in [7, 11) is 0. The van der Waals surface area contributed by atoms with E-state index in [9.17, 15) is 4.79 Å². The first kappa shape index (κ1) is 27.2. The smallest absolute Gasteiger partial charge is 0.185 e. The Morgan fingerprint density at radius 2 is 1.42 bits per heavy atom. The first-order valence-electron chi connectivity index (χ1n) is 12.8. The van der Waals surface area contributed by atoms with Gasteiger partial charge in [-0.3, -0.25) is 4.79 Å². The van der Waals surface area contributed by atoms with Crippen molar-refractivity contribution in [2.45, 2.75) is 88.9 Å². The highest BCUT2D eigenvalue weighted by Crippen LogP contribution is 2.18. The molecule has 2 aromatic carbocycles. The van der Waals surface area contributed by atoms with Crippen LogP contribution in [0.1, 0.15) is 99.9 Å². The van der Waals surface area contributed by atoms with Crippen molar-refractivity contribution in [3.8, 4) is 5.75 Å². The third-order valence-corrected chi connectivity index (χ3v) is 6.67. The van der Waals surface area contributed by atoms with Gasteiger partial charge >= 0.3 is 0 Å². The molecule has 0 aliphatic rings. The van der Waals surface area contributed by atoms with E-state index in [4.69, 9.17) is 4.74 Å². The zero-order valence-electron chi connectivity index (χ0n) is 20.7. The highest BCUT2D eigenvalue weighted by Gasteiger charge is 2.04. The Labute approximate surface area is 206 Å². The van der Waals surface area contributed by atoms with E-state index < -0.39 is 0 Å². The van der Waals surface area contributed by atoms with Crippen LogP contribution >= 0.6 is 11.8 Å². The minimum atomic E-state index is -0.000225. The topological polar surface area (TPSA) is 26.3 Å². The minimum Gasteiger partial charge on any atom is -0.494 e. The van der Waals surface area contributed by atoms with Gasteiger partial charge in [0.25, 0.3) is 0 Å². The Kier molecular flexibility index (Phi) is 14.4. The van der Waals surface area contributed by atoms with E-state index in [1.54, 1.807) is 17.8 Å². The molecule has 0 aliphatic carbocycles. The highest BCUT2D eigenvalue weighted by atomic mass is 32.2. The Hall–Kier alpha value is -2.00. The molecule has 0 fully saturated rings. The van der Waals surface area contributed by atoms with Crippen LogP contribution in [0.2, 0.25) is 0 Å². The molecule has 33 heavy (non-hydrogen) atoms. The van der Waals surface area contributed by atoms with Crippen LogP contribution in [0.4, 0.5) is 0 Å². The van der Waals surface area contributed by atoms with Gasteiger partial charge in [0, 0.05) is 10.5 Å². The van der Waals surface area contributed by atoms with E-state index in [1.807, 2.05) is 42.5 Å². The summed E-state index contributed by atoms with van der Waals surface area (Å²) in [6.07, 6.45) is 21.6. The van der Waals surface area contributed by atoms with Crippen molar-refractivity contribution in [3.05, 3.63) is 65.7 Å². The normalized spacial score (nSPS) is 11.2. The van der Waals surface area contributed by atoms with Gasteiger partial charge < -0.3 is 4.74 Å². The second kappa shape index (κ2) is 17.5. The minimum absolute atomic E-state index is 0.000225. The molecule has 0 heterocycles. The summed E-state index contributed by atoms with van der Waals surface area (Å²) in [6.45, 7) is 2.99. The molecule has 3 heteroatoms. The fourth-order valence-electron chi connectivity index (χ4n) is 3.86. The molecule has 2 rings (SSSR count). The molecule has 0 aliphatic heterocycles. The van der Waals surface area contributed by atoms with Crippen molar-refractivity contribution >= 4 is 23.6 Å². The van der Waals surface area contributed by atoms with Crippen LogP contribution in [-0.4, -0.2) is 18.6 Å². The standard InChI is InChI=1S/C30H42O2S/c1-3-4-5-6-7-8-9-10-11-12-13-14-24-32-28-17-15-16-27(25-28)30(31)23-20-26-18-21-29(33-2)22-19-26/h15-23,25H,3-14,24H2,1-2H3/b23-20+. The maximum Gasteiger partial charge on any atom is 0.185 e. The van der Waals surface area contributed by atoms with Gasteiger partial charge in [-0.15, -0.1) is 11.8 Å². The van der Waals surface area contributed by atoms with E-state index in [1.165, 1.54) is 75.5 Å². The summed E-state index contributed by atoms with van der Waals surface area (Å²) in [5.74, 6) is 0.779. The van der Waals surface area contributed by atoms with Crippen molar-refractivity contribution in [1.82, 2.24) is 0 Å². The number of benzene rings is 2. The SMILES string of the molecule is CCCCCCCCCCCCCCOc1cccc(C(=O)/C=C/c2ccc(SC)cc2)c1. The van der Waals surface area contributed by atoms with E-state index in [2.05, 4.69) is 25.3 Å². The van der Waals surface area contributed by atoms with E-state index in [0.717, 1.165) is 17.7 Å². The molecule has 0 bridgehead atoms. The maximum absolute atomic E-state index is 12.5. The third kappa shape index (κ3) is 12.1. The molecule has 0 atom stereocenters. The maximum atomic E-state index is 12.5. The molecule has 2 nitrogen and oxygen atoms in total. The zero-order valence-corrected chi connectivity index (χ0v) is 21.5. The third-order valence-electron chi connectivity index (χ3n) is 5.93. The van der Waals surface area contributed by atoms with Gasteiger partial charge in [0.2, 0.25) is 0 Å². The lowest BCUT2D eigenvalue weighted by Crippen LogP contribution is -1.99. The number of carbonyl (C=O) groups excluding carboxylic acids is 1. The van der Waals surface area contributed by atoms with Gasteiger partial charge in [0.05, 0.1) is 6.61 Å². The summed E-state index contributed by atoms with van der Waals surface area (Å²) in [5, 5.41) is 0. The summed E-state index contributed by atoms with van der Waals surface area (Å²) in [5.41, 5.74) is 1.69. The molecule has 0 spiro atoms. The zero-order chi connectivity index (χ0) is 23.6. The summed E-state index contributed by atoms with van der Waals surface area (Å²) in [6, 6.07) is 15.7. The molecule has 0 amide bonds. The summed E-state index contributed by atoms with van der Waals surface area (Å²) >= 11 is 1.71. The number of ether oxygens (including phenoxy) is 1. The van der Waals surface area contributed by atoms with Crippen LogP contribution in [0.5, 0.6) is 5.75 Å². The van der Waals surface area contributed by atoms with Crippen LogP contribution < -0.4 is 4.74 Å². The molecule has 0 saturated heterocycles. The molecule has 0 aromatic heterocycles. The van der Waals surface area contributed by atoms with Crippen LogP contribution in [0.15, 0.2) is 59.5 Å². The van der Waals surface area contributed by atoms with Crippen LogP contribution in [-0.2, 0) is 0 Å². The number of hydrogen-bond acceptors (Lipinski definition) is 3. The highest BCUT2D eigenvalue weighted by molar-refractivity contribution is 7.98. The molecule has 0 N–H and O–H groups in total. The quantitative estimate of drug-likeness (QED) is 0.0947. The Morgan fingerprint density at radius 3 is 2.03 bits per heavy atom. The molecular formula is C30H42O2S. The average Bonchev–Trinajstić information content (AvgIpc) is 2.86. The van der Waals surface area contributed by atoms with Crippen molar-refractivity contribution in [2.24, 2.45) is 0 Å². The number of rotatable bonds is 18. The number of thioether (sulfide) groups is 1. The number of hydrogen-bond donors (Lipinski definition) is 0. The summed E-state index contributed by atoms with van der Waals surface area (Å²) < 4.78 is 5.90. The van der Waals surface area contributed by atoms with E-state index >= 15 is 0 Å². The van der Waals surface area contributed by atoms with Gasteiger partial charge in [-0.05, 0) is 48.6 Å². The Bertz CT molecular complexity index is 810. The van der Waals surface area contributed by atoms with Crippen molar-refractivity contribution in [2.75, 3.05) is 12.9 Å². The average molecular weight is 467 g/mol. The lowest BCUT2D eigenvalue weighted by atomic mass is 10.1. The van der Waals surface area contributed by atoms with Crippen molar-refractivity contribution in [1.29, 1.82) is 0 Å². The molecule has 0 saturated carbocycles. The Balaban J connectivity index is 1.58. The second-order valence-electron chi connectivity index (χ2n) is 8.74. The molecule has 2 aromatic rings. The number of unbranched alkanes of at least 4 members (excludes halogenated alkanes) is 11. The lowest BCUT2D eigenvalue weighted by Gasteiger charge is -2.07. The first-order chi connectivity index (χ1) is 16.2. The van der Waals surface area contributed by atoms with Crippen LogP contribution in [0.3, 0.4) is 0 Å². The van der Waals surface area contributed by atoms with Crippen LogP contribution in [0.25, 0.3) is 6.08 Å². The van der Waals surface area contributed by atoms with Gasteiger partial charge in [0.15, 0.2) is 5.78 Å². The van der Waals surface area contributed by atoms with Gasteiger partial charge in [0.1, 0.15) is 5.75 Å². The molecular weight excluding hydrogens is 424 g/mol. The number of carbonyl (C=O) groups is 1. The van der Waals surface area contributed by atoms with Crippen molar-refractivity contribution in [3.63, 3.8) is 0 Å². The number of ketones is 1. The van der Waals surface area contributed by atoms with E-state index in [0.29, 0.717) is 12.2 Å². The van der Waals surface area contributed by atoms with Gasteiger partial charge in [-0.25, -0.2) is 0 Å². The summed E-state index contributed by atoms with van der Waals surface area (Å²) in [4.78, 5) is 13.8. The first-order valence-corrected chi connectivity index (χ1v) is 14.0.